The van der Waals surface area contributed by atoms with Crippen molar-refractivity contribution < 1.29 is 4.79 Å². The first-order chi connectivity index (χ1) is 8.81. The lowest BCUT2D eigenvalue weighted by atomic mass is 9.84. The lowest BCUT2D eigenvalue weighted by Gasteiger charge is -2.25. The second-order valence-electron chi connectivity index (χ2n) is 6.34. The number of rotatable bonds is 6. The standard InChI is InChI=1S/C14H26N4O/c1-11(10-18-7-5-6-16-18)17-13(19)12(9-15)8-14(2,3)4/h5-7,11-12H,8-10,15H2,1-4H3,(H,17,19). The fourth-order valence-electron chi connectivity index (χ4n) is 2.12. The predicted octanol–water partition coefficient (Wildman–Crippen LogP) is 1.40. The van der Waals surface area contributed by atoms with Crippen LogP contribution in [0.5, 0.6) is 0 Å². The molecule has 3 N–H and O–H groups in total. The van der Waals surface area contributed by atoms with Gasteiger partial charge in [0.05, 0.1) is 12.5 Å². The van der Waals surface area contributed by atoms with Crippen LogP contribution in [-0.4, -0.2) is 28.3 Å². The fourth-order valence-corrected chi connectivity index (χ4v) is 2.12. The van der Waals surface area contributed by atoms with Crippen LogP contribution in [0.15, 0.2) is 18.5 Å². The molecule has 0 aromatic carbocycles. The van der Waals surface area contributed by atoms with Crippen molar-refractivity contribution in [2.45, 2.75) is 46.7 Å². The van der Waals surface area contributed by atoms with Crippen molar-refractivity contribution in [3.63, 3.8) is 0 Å². The summed E-state index contributed by atoms with van der Waals surface area (Å²) >= 11 is 0. The van der Waals surface area contributed by atoms with E-state index >= 15 is 0 Å². The maximum absolute atomic E-state index is 12.2. The van der Waals surface area contributed by atoms with Crippen LogP contribution in [-0.2, 0) is 11.3 Å². The smallest absolute Gasteiger partial charge is 0.224 e. The monoisotopic (exact) mass is 266 g/mol. The number of carbonyl (C=O) groups is 1. The average Bonchev–Trinajstić information content (AvgIpc) is 2.76. The molecule has 108 valence electrons. The molecule has 1 aromatic heterocycles. The van der Waals surface area contributed by atoms with Crippen LogP contribution < -0.4 is 11.1 Å². The summed E-state index contributed by atoms with van der Waals surface area (Å²) in [5.41, 5.74) is 5.82. The van der Waals surface area contributed by atoms with E-state index in [1.54, 1.807) is 6.20 Å². The van der Waals surface area contributed by atoms with Gasteiger partial charge in [0.25, 0.3) is 0 Å². The minimum absolute atomic E-state index is 0.0390. The highest BCUT2D eigenvalue weighted by Gasteiger charge is 2.24. The topological polar surface area (TPSA) is 72.9 Å². The zero-order valence-corrected chi connectivity index (χ0v) is 12.4. The summed E-state index contributed by atoms with van der Waals surface area (Å²) in [7, 11) is 0. The number of amides is 1. The number of hydrogen-bond acceptors (Lipinski definition) is 3. The van der Waals surface area contributed by atoms with Gasteiger partial charge in [-0.25, -0.2) is 0 Å². The van der Waals surface area contributed by atoms with Crippen molar-refractivity contribution in [3.8, 4) is 0 Å². The molecule has 0 aliphatic rings. The van der Waals surface area contributed by atoms with Crippen molar-refractivity contribution >= 4 is 5.91 Å². The van der Waals surface area contributed by atoms with Crippen molar-refractivity contribution in [2.75, 3.05) is 6.54 Å². The molecule has 0 aliphatic heterocycles. The molecular weight excluding hydrogens is 240 g/mol. The molecule has 0 spiro atoms. The Morgan fingerprint density at radius 2 is 2.16 bits per heavy atom. The van der Waals surface area contributed by atoms with Crippen molar-refractivity contribution in [1.29, 1.82) is 0 Å². The molecule has 2 atom stereocenters. The molecule has 0 saturated carbocycles. The average molecular weight is 266 g/mol. The fraction of sp³-hybridized carbons (Fsp3) is 0.714. The van der Waals surface area contributed by atoms with Crippen LogP contribution >= 0.6 is 0 Å². The Morgan fingerprint density at radius 3 is 2.63 bits per heavy atom. The third-order valence-electron chi connectivity index (χ3n) is 2.92. The molecule has 2 unspecified atom stereocenters. The molecule has 5 heteroatoms. The molecule has 0 bridgehead atoms. The van der Waals surface area contributed by atoms with Gasteiger partial charge in [-0.15, -0.1) is 0 Å². The van der Waals surface area contributed by atoms with Gasteiger partial charge in [-0.2, -0.15) is 5.10 Å². The predicted molar refractivity (Wildman–Crippen MR) is 76.4 cm³/mol. The summed E-state index contributed by atoms with van der Waals surface area (Å²) in [5.74, 6) is -0.0860. The summed E-state index contributed by atoms with van der Waals surface area (Å²) in [5, 5.41) is 7.14. The molecule has 1 rings (SSSR count). The van der Waals surface area contributed by atoms with E-state index in [9.17, 15) is 4.79 Å². The number of carbonyl (C=O) groups excluding carboxylic acids is 1. The van der Waals surface area contributed by atoms with Crippen LogP contribution in [0, 0.1) is 11.3 Å². The van der Waals surface area contributed by atoms with Crippen molar-refractivity contribution in [2.24, 2.45) is 17.1 Å². The van der Waals surface area contributed by atoms with Crippen LogP contribution in [0.2, 0.25) is 0 Å². The second kappa shape index (κ2) is 6.70. The second-order valence-corrected chi connectivity index (χ2v) is 6.34. The van der Waals surface area contributed by atoms with Crippen LogP contribution in [0.1, 0.15) is 34.1 Å². The van der Waals surface area contributed by atoms with Crippen LogP contribution in [0.4, 0.5) is 0 Å². The summed E-state index contributed by atoms with van der Waals surface area (Å²) in [6.07, 6.45) is 4.42. The van der Waals surface area contributed by atoms with Gasteiger partial charge in [0.1, 0.15) is 0 Å². The lowest BCUT2D eigenvalue weighted by molar-refractivity contribution is -0.126. The van der Waals surface area contributed by atoms with Crippen molar-refractivity contribution in [1.82, 2.24) is 15.1 Å². The Bertz CT molecular complexity index is 381. The normalized spacial score (nSPS) is 15.0. The highest BCUT2D eigenvalue weighted by Crippen LogP contribution is 2.24. The summed E-state index contributed by atoms with van der Waals surface area (Å²) in [6.45, 7) is 9.40. The largest absolute Gasteiger partial charge is 0.352 e. The van der Waals surface area contributed by atoms with E-state index in [2.05, 4.69) is 31.2 Å². The molecule has 19 heavy (non-hydrogen) atoms. The van der Waals surface area contributed by atoms with Gasteiger partial charge in [0.2, 0.25) is 5.91 Å². The highest BCUT2D eigenvalue weighted by atomic mass is 16.2. The van der Waals surface area contributed by atoms with E-state index in [-0.39, 0.29) is 23.3 Å². The maximum atomic E-state index is 12.2. The zero-order chi connectivity index (χ0) is 14.5. The van der Waals surface area contributed by atoms with Gasteiger partial charge >= 0.3 is 0 Å². The Balaban J connectivity index is 2.47. The molecule has 1 amide bonds. The van der Waals surface area contributed by atoms with Crippen LogP contribution in [0.25, 0.3) is 0 Å². The van der Waals surface area contributed by atoms with Crippen molar-refractivity contribution in [3.05, 3.63) is 18.5 Å². The van der Waals surface area contributed by atoms with Gasteiger partial charge in [0, 0.05) is 25.0 Å². The minimum Gasteiger partial charge on any atom is -0.352 e. The molecule has 1 heterocycles. The molecule has 0 aliphatic carbocycles. The van der Waals surface area contributed by atoms with E-state index in [1.807, 2.05) is 23.9 Å². The first kappa shape index (κ1) is 15.7. The molecule has 1 aromatic rings. The number of hydrogen-bond donors (Lipinski definition) is 2. The Morgan fingerprint density at radius 1 is 1.47 bits per heavy atom. The van der Waals surface area contributed by atoms with E-state index in [0.717, 1.165) is 6.42 Å². The van der Waals surface area contributed by atoms with Gasteiger partial charge in [-0.1, -0.05) is 20.8 Å². The Kier molecular flexibility index (Phi) is 5.54. The van der Waals surface area contributed by atoms with Gasteiger partial charge in [-0.3, -0.25) is 9.48 Å². The highest BCUT2D eigenvalue weighted by molar-refractivity contribution is 5.79. The Labute approximate surface area is 115 Å². The third kappa shape index (κ3) is 5.87. The number of nitrogens with zero attached hydrogens (tertiary/aromatic N) is 2. The quantitative estimate of drug-likeness (QED) is 0.817. The minimum atomic E-state index is -0.125. The Hall–Kier alpha value is -1.36. The molecule has 0 radical (unpaired) electrons. The SMILES string of the molecule is CC(Cn1cccn1)NC(=O)C(CN)CC(C)(C)C. The first-order valence-electron chi connectivity index (χ1n) is 6.79. The third-order valence-corrected chi connectivity index (χ3v) is 2.92. The number of nitrogens with two attached hydrogens (primary N) is 1. The van der Waals surface area contributed by atoms with E-state index in [1.165, 1.54) is 0 Å². The first-order valence-corrected chi connectivity index (χ1v) is 6.79. The number of aromatic nitrogens is 2. The van der Waals surface area contributed by atoms with Crippen LogP contribution in [0.3, 0.4) is 0 Å². The molecule has 0 saturated heterocycles. The summed E-state index contributed by atoms with van der Waals surface area (Å²) < 4.78 is 1.81. The summed E-state index contributed by atoms with van der Waals surface area (Å²) in [6, 6.07) is 1.91. The molecule has 0 fully saturated rings. The van der Waals surface area contributed by atoms with E-state index < -0.39 is 0 Å². The lowest BCUT2D eigenvalue weighted by Crippen LogP contribution is -2.43. The summed E-state index contributed by atoms with van der Waals surface area (Å²) in [4.78, 5) is 12.2. The van der Waals surface area contributed by atoms with Gasteiger partial charge < -0.3 is 11.1 Å². The number of nitrogens with one attached hydrogen (secondary N) is 1. The van der Waals surface area contributed by atoms with Gasteiger partial charge in [-0.05, 0) is 24.8 Å². The zero-order valence-electron chi connectivity index (χ0n) is 12.4. The molecule has 5 nitrogen and oxygen atoms in total. The van der Waals surface area contributed by atoms with E-state index in [0.29, 0.717) is 13.1 Å². The molecular formula is C14H26N4O. The maximum Gasteiger partial charge on any atom is 0.224 e. The van der Waals surface area contributed by atoms with E-state index in [4.69, 9.17) is 5.73 Å². The van der Waals surface area contributed by atoms with Gasteiger partial charge in [0.15, 0.2) is 0 Å².